The Morgan fingerprint density at radius 2 is 2.19 bits per heavy atom. The van der Waals surface area contributed by atoms with Gasteiger partial charge in [0, 0.05) is 21.3 Å². The molecule has 86 valence electrons. The molecule has 0 saturated heterocycles. The molecule has 1 aliphatic rings. The van der Waals surface area contributed by atoms with Crippen LogP contribution in [0.2, 0.25) is 0 Å². The summed E-state index contributed by atoms with van der Waals surface area (Å²) in [6, 6.07) is 5.95. The van der Waals surface area contributed by atoms with Crippen LogP contribution in [0.3, 0.4) is 0 Å². The summed E-state index contributed by atoms with van der Waals surface area (Å²) >= 11 is 8.49. The summed E-state index contributed by atoms with van der Waals surface area (Å²) in [6.45, 7) is 2.25. The minimum absolute atomic E-state index is 0.257. The zero-order valence-electron chi connectivity index (χ0n) is 9.22. The highest BCUT2D eigenvalue weighted by Gasteiger charge is 2.31. The first kappa shape index (κ1) is 11.9. The smallest absolute Gasteiger partial charge is 0.104 e. The Morgan fingerprint density at radius 1 is 1.50 bits per heavy atom. The van der Waals surface area contributed by atoms with Crippen LogP contribution in [-0.4, -0.2) is 10.5 Å². The number of nitrogens with two attached hydrogens (primary N) is 1. The highest BCUT2D eigenvalue weighted by molar-refractivity contribution is 9.10. The van der Waals surface area contributed by atoms with Gasteiger partial charge in [0.15, 0.2) is 0 Å². The maximum absolute atomic E-state index is 5.59. The summed E-state index contributed by atoms with van der Waals surface area (Å²) in [4.78, 5) is 0.433. The third-order valence-electron chi connectivity index (χ3n) is 3.15. The molecule has 1 fully saturated rings. The van der Waals surface area contributed by atoms with Crippen molar-refractivity contribution in [2.24, 2.45) is 5.73 Å². The van der Waals surface area contributed by atoms with Gasteiger partial charge >= 0.3 is 0 Å². The Kier molecular flexibility index (Phi) is 3.22. The van der Waals surface area contributed by atoms with Crippen molar-refractivity contribution in [3.8, 4) is 0 Å². The molecule has 0 heterocycles. The Morgan fingerprint density at radius 3 is 2.62 bits per heavy atom. The predicted molar refractivity (Wildman–Crippen MR) is 75.9 cm³/mol. The lowest BCUT2D eigenvalue weighted by Gasteiger charge is -2.40. The van der Waals surface area contributed by atoms with E-state index in [0.29, 0.717) is 4.99 Å². The minimum Gasteiger partial charge on any atom is -0.389 e. The van der Waals surface area contributed by atoms with E-state index in [-0.39, 0.29) is 5.54 Å². The highest BCUT2D eigenvalue weighted by atomic mass is 79.9. The van der Waals surface area contributed by atoms with Crippen LogP contribution in [0.5, 0.6) is 0 Å². The molecule has 16 heavy (non-hydrogen) atoms. The Balaban J connectivity index is 2.19. The first-order valence-corrected chi connectivity index (χ1v) is 6.58. The van der Waals surface area contributed by atoms with E-state index in [1.807, 2.05) is 18.2 Å². The van der Waals surface area contributed by atoms with E-state index in [1.165, 1.54) is 19.3 Å². The van der Waals surface area contributed by atoms with Gasteiger partial charge in [0.05, 0.1) is 0 Å². The Hall–Kier alpha value is -0.610. The molecule has 1 aromatic carbocycles. The summed E-state index contributed by atoms with van der Waals surface area (Å²) in [5.74, 6) is 0. The molecule has 0 atom stereocenters. The van der Waals surface area contributed by atoms with Crippen LogP contribution in [-0.2, 0) is 0 Å². The maximum Gasteiger partial charge on any atom is 0.104 e. The topological polar surface area (TPSA) is 38.0 Å². The standard InChI is InChI=1S/C12H15BrN2S/c1-12(5-2-6-12)15-10-4-3-8(11(14)16)7-9(10)13/h3-4,7,15H,2,5-6H2,1H3,(H2,14,16). The van der Waals surface area contributed by atoms with Gasteiger partial charge in [-0.15, -0.1) is 0 Å². The largest absolute Gasteiger partial charge is 0.389 e. The fraction of sp³-hybridized carbons (Fsp3) is 0.417. The van der Waals surface area contributed by atoms with Crippen LogP contribution in [0.4, 0.5) is 5.69 Å². The van der Waals surface area contributed by atoms with Gasteiger partial charge in [-0.25, -0.2) is 0 Å². The number of benzene rings is 1. The van der Waals surface area contributed by atoms with Crippen molar-refractivity contribution in [1.82, 2.24) is 0 Å². The monoisotopic (exact) mass is 298 g/mol. The van der Waals surface area contributed by atoms with Gasteiger partial charge in [-0.3, -0.25) is 0 Å². The summed E-state index contributed by atoms with van der Waals surface area (Å²) in [6.07, 6.45) is 3.78. The van der Waals surface area contributed by atoms with E-state index in [0.717, 1.165) is 15.7 Å². The predicted octanol–water partition coefficient (Wildman–Crippen LogP) is 3.44. The van der Waals surface area contributed by atoms with E-state index >= 15 is 0 Å². The van der Waals surface area contributed by atoms with Crippen molar-refractivity contribution >= 4 is 38.8 Å². The van der Waals surface area contributed by atoms with Crippen molar-refractivity contribution in [2.45, 2.75) is 31.7 Å². The van der Waals surface area contributed by atoms with Gasteiger partial charge in [0.25, 0.3) is 0 Å². The van der Waals surface area contributed by atoms with Gasteiger partial charge in [-0.2, -0.15) is 0 Å². The van der Waals surface area contributed by atoms with Crippen LogP contribution in [0, 0.1) is 0 Å². The van der Waals surface area contributed by atoms with Gasteiger partial charge in [0.2, 0.25) is 0 Å². The molecule has 2 nitrogen and oxygen atoms in total. The number of anilines is 1. The molecule has 2 rings (SSSR count). The third-order valence-corrected chi connectivity index (χ3v) is 4.04. The molecule has 0 aliphatic heterocycles. The fourth-order valence-corrected chi connectivity index (χ4v) is 2.53. The van der Waals surface area contributed by atoms with Crippen LogP contribution in [0.1, 0.15) is 31.7 Å². The first-order valence-electron chi connectivity index (χ1n) is 5.38. The van der Waals surface area contributed by atoms with Crippen molar-refractivity contribution in [3.63, 3.8) is 0 Å². The lowest BCUT2D eigenvalue weighted by atomic mass is 9.78. The number of hydrogen-bond donors (Lipinski definition) is 2. The van der Waals surface area contributed by atoms with Crippen LogP contribution in [0.15, 0.2) is 22.7 Å². The quantitative estimate of drug-likeness (QED) is 0.840. The van der Waals surface area contributed by atoms with Crippen LogP contribution in [0.25, 0.3) is 0 Å². The van der Waals surface area contributed by atoms with Crippen molar-refractivity contribution in [3.05, 3.63) is 28.2 Å². The van der Waals surface area contributed by atoms with Gasteiger partial charge < -0.3 is 11.1 Å². The molecule has 0 radical (unpaired) electrons. The number of thiocarbonyl (C=S) groups is 1. The van der Waals surface area contributed by atoms with E-state index in [2.05, 4.69) is 28.2 Å². The van der Waals surface area contributed by atoms with Crippen molar-refractivity contribution < 1.29 is 0 Å². The normalized spacial score (nSPS) is 17.6. The SMILES string of the molecule is CC1(Nc2ccc(C(N)=S)cc2Br)CCC1. The van der Waals surface area contributed by atoms with Crippen LogP contribution < -0.4 is 11.1 Å². The molecule has 1 aliphatic carbocycles. The number of hydrogen-bond acceptors (Lipinski definition) is 2. The maximum atomic E-state index is 5.59. The fourth-order valence-electron chi connectivity index (χ4n) is 1.93. The first-order chi connectivity index (χ1) is 7.50. The van der Waals surface area contributed by atoms with E-state index in [1.54, 1.807) is 0 Å². The molecule has 0 aromatic heterocycles. The lowest BCUT2D eigenvalue weighted by molar-refractivity contribution is 0.306. The molecule has 3 N–H and O–H groups in total. The number of nitrogens with one attached hydrogen (secondary N) is 1. The van der Waals surface area contributed by atoms with E-state index < -0.39 is 0 Å². The Bertz CT molecular complexity index is 427. The van der Waals surface area contributed by atoms with E-state index in [4.69, 9.17) is 18.0 Å². The molecular weight excluding hydrogens is 284 g/mol. The number of halogens is 1. The number of rotatable bonds is 3. The van der Waals surface area contributed by atoms with Gasteiger partial charge in [-0.1, -0.05) is 12.2 Å². The zero-order valence-corrected chi connectivity index (χ0v) is 11.6. The van der Waals surface area contributed by atoms with Gasteiger partial charge in [0.1, 0.15) is 4.99 Å². The molecule has 0 spiro atoms. The molecule has 1 aromatic rings. The molecule has 0 amide bonds. The minimum atomic E-state index is 0.257. The lowest BCUT2D eigenvalue weighted by Crippen LogP contribution is -2.41. The zero-order chi connectivity index (χ0) is 11.8. The van der Waals surface area contributed by atoms with Crippen molar-refractivity contribution in [1.29, 1.82) is 0 Å². The molecular formula is C12H15BrN2S. The molecule has 4 heteroatoms. The van der Waals surface area contributed by atoms with Crippen molar-refractivity contribution in [2.75, 3.05) is 5.32 Å². The van der Waals surface area contributed by atoms with Gasteiger partial charge in [-0.05, 0) is 60.3 Å². The average Bonchev–Trinajstić information content (AvgIpc) is 2.18. The molecule has 0 bridgehead atoms. The summed E-state index contributed by atoms with van der Waals surface area (Å²) in [5.41, 5.74) is 7.85. The van der Waals surface area contributed by atoms with Crippen LogP contribution >= 0.6 is 28.1 Å². The summed E-state index contributed by atoms with van der Waals surface area (Å²) in [5, 5.41) is 3.56. The second-order valence-corrected chi connectivity index (χ2v) is 5.89. The highest BCUT2D eigenvalue weighted by Crippen LogP contribution is 2.36. The average molecular weight is 299 g/mol. The second-order valence-electron chi connectivity index (χ2n) is 4.60. The second kappa shape index (κ2) is 4.34. The summed E-state index contributed by atoms with van der Waals surface area (Å²) < 4.78 is 1.02. The van der Waals surface area contributed by atoms with E-state index in [9.17, 15) is 0 Å². The molecule has 0 unspecified atom stereocenters. The summed E-state index contributed by atoms with van der Waals surface area (Å²) in [7, 11) is 0. The molecule has 1 saturated carbocycles. The Labute approximate surface area is 110 Å². The third kappa shape index (κ3) is 2.38.